The molecule has 1 aromatic carbocycles. The number of halogens is 1. The minimum atomic E-state index is -0.402. The van der Waals surface area contributed by atoms with Crippen LogP contribution in [0.4, 0.5) is 4.39 Å². The predicted molar refractivity (Wildman–Crippen MR) is 77.8 cm³/mol. The molecule has 3 heteroatoms. The van der Waals surface area contributed by atoms with E-state index in [2.05, 4.69) is 19.2 Å². The van der Waals surface area contributed by atoms with Gasteiger partial charge in [0.15, 0.2) is 0 Å². The van der Waals surface area contributed by atoms with Crippen LogP contribution in [0.3, 0.4) is 0 Å². The van der Waals surface area contributed by atoms with E-state index in [0.29, 0.717) is 6.04 Å². The quantitative estimate of drug-likeness (QED) is 0.678. The summed E-state index contributed by atoms with van der Waals surface area (Å²) in [5.74, 6) is -0.376. The lowest BCUT2D eigenvalue weighted by atomic mass is 10.0. The molecule has 0 heterocycles. The lowest BCUT2D eigenvalue weighted by Gasteiger charge is -2.21. The van der Waals surface area contributed by atoms with Crippen LogP contribution in [0.15, 0.2) is 18.2 Å². The van der Waals surface area contributed by atoms with Gasteiger partial charge in [0.05, 0.1) is 0 Å². The molecule has 0 aliphatic heterocycles. The SMILES string of the molecule is CCCCCCC(C)NC(C)c1ccc(F)cc1O. The Kier molecular flexibility index (Phi) is 6.85. The summed E-state index contributed by atoms with van der Waals surface area (Å²) in [4.78, 5) is 0. The zero-order chi connectivity index (χ0) is 14.3. The van der Waals surface area contributed by atoms with Crippen molar-refractivity contribution in [3.05, 3.63) is 29.6 Å². The lowest BCUT2D eigenvalue weighted by Crippen LogP contribution is -2.28. The monoisotopic (exact) mass is 267 g/mol. The third-order valence-electron chi connectivity index (χ3n) is 3.48. The third-order valence-corrected chi connectivity index (χ3v) is 3.48. The van der Waals surface area contributed by atoms with E-state index in [9.17, 15) is 9.50 Å². The predicted octanol–water partition coefficient (Wildman–Crippen LogP) is 4.54. The molecule has 0 saturated heterocycles. The van der Waals surface area contributed by atoms with Crippen molar-refractivity contribution < 1.29 is 9.50 Å². The van der Waals surface area contributed by atoms with Gasteiger partial charge in [0.1, 0.15) is 11.6 Å². The second-order valence-corrected chi connectivity index (χ2v) is 5.34. The molecule has 0 aliphatic rings. The average molecular weight is 267 g/mol. The van der Waals surface area contributed by atoms with Crippen molar-refractivity contribution in [2.75, 3.05) is 0 Å². The van der Waals surface area contributed by atoms with Crippen LogP contribution in [0.5, 0.6) is 5.75 Å². The van der Waals surface area contributed by atoms with Gasteiger partial charge in [-0.15, -0.1) is 0 Å². The fourth-order valence-electron chi connectivity index (χ4n) is 2.36. The number of hydrogen-bond acceptors (Lipinski definition) is 2. The van der Waals surface area contributed by atoms with E-state index in [1.54, 1.807) is 6.07 Å². The maximum absolute atomic E-state index is 12.9. The van der Waals surface area contributed by atoms with E-state index in [4.69, 9.17) is 0 Å². The molecule has 0 bridgehead atoms. The fourth-order valence-corrected chi connectivity index (χ4v) is 2.36. The number of nitrogens with one attached hydrogen (secondary N) is 1. The molecule has 0 aliphatic carbocycles. The van der Waals surface area contributed by atoms with Crippen LogP contribution in [0, 0.1) is 5.82 Å². The van der Waals surface area contributed by atoms with Gasteiger partial charge in [0.25, 0.3) is 0 Å². The Hall–Kier alpha value is -1.09. The molecule has 2 N–H and O–H groups in total. The summed E-state index contributed by atoms with van der Waals surface area (Å²) in [6, 6.07) is 4.63. The van der Waals surface area contributed by atoms with Crippen molar-refractivity contribution in [1.82, 2.24) is 5.32 Å². The summed E-state index contributed by atoms with van der Waals surface area (Å²) >= 11 is 0. The van der Waals surface area contributed by atoms with Crippen molar-refractivity contribution in [3.8, 4) is 5.75 Å². The van der Waals surface area contributed by atoms with Gasteiger partial charge in [-0.1, -0.05) is 38.7 Å². The van der Waals surface area contributed by atoms with E-state index in [1.165, 1.54) is 37.8 Å². The van der Waals surface area contributed by atoms with Crippen LogP contribution in [-0.4, -0.2) is 11.1 Å². The van der Waals surface area contributed by atoms with Gasteiger partial charge in [-0.05, 0) is 26.3 Å². The molecule has 2 unspecified atom stereocenters. The summed E-state index contributed by atoms with van der Waals surface area (Å²) in [5, 5.41) is 13.2. The molecule has 0 spiro atoms. The molecule has 0 radical (unpaired) electrons. The molecule has 0 amide bonds. The molecule has 0 aromatic heterocycles. The number of unbranched alkanes of at least 4 members (excludes halogenated alkanes) is 3. The van der Waals surface area contributed by atoms with Gasteiger partial charge in [-0.2, -0.15) is 0 Å². The maximum atomic E-state index is 12.9. The molecule has 19 heavy (non-hydrogen) atoms. The minimum absolute atomic E-state index is 0.0261. The molecule has 1 rings (SSSR count). The first-order chi connectivity index (χ1) is 9.04. The van der Waals surface area contributed by atoms with E-state index in [0.717, 1.165) is 12.0 Å². The van der Waals surface area contributed by atoms with Crippen molar-refractivity contribution in [1.29, 1.82) is 0 Å². The normalized spacial score (nSPS) is 14.3. The Morgan fingerprint density at radius 1 is 1.21 bits per heavy atom. The Morgan fingerprint density at radius 2 is 1.95 bits per heavy atom. The standard InChI is InChI=1S/C16H26FNO/c1-4-5-6-7-8-12(2)18-13(3)15-10-9-14(17)11-16(15)19/h9-13,18-19H,4-8H2,1-3H3. The highest BCUT2D eigenvalue weighted by Gasteiger charge is 2.13. The van der Waals surface area contributed by atoms with Crippen LogP contribution >= 0.6 is 0 Å². The van der Waals surface area contributed by atoms with E-state index in [-0.39, 0.29) is 11.8 Å². The number of benzene rings is 1. The highest BCUT2D eigenvalue weighted by Crippen LogP contribution is 2.25. The Bertz CT molecular complexity index is 381. The van der Waals surface area contributed by atoms with Crippen molar-refractivity contribution >= 4 is 0 Å². The molecule has 2 nitrogen and oxygen atoms in total. The van der Waals surface area contributed by atoms with Gasteiger partial charge >= 0.3 is 0 Å². The highest BCUT2D eigenvalue weighted by molar-refractivity contribution is 5.34. The smallest absolute Gasteiger partial charge is 0.126 e. The summed E-state index contributed by atoms with van der Waals surface area (Å²) in [6.07, 6.45) is 6.18. The van der Waals surface area contributed by atoms with E-state index >= 15 is 0 Å². The summed E-state index contributed by atoms with van der Waals surface area (Å²) in [5.41, 5.74) is 0.752. The number of aromatic hydroxyl groups is 1. The second-order valence-electron chi connectivity index (χ2n) is 5.34. The van der Waals surface area contributed by atoms with E-state index in [1.807, 2.05) is 6.92 Å². The molecule has 2 atom stereocenters. The topological polar surface area (TPSA) is 32.3 Å². The molecular weight excluding hydrogens is 241 g/mol. The number of rotatable bonds is 8. The second kappa shape index (κ2) is 8.16. The average Bonchev–Trinajstić information content (AvgIpc) is 2.34. The zero-order valence-corrected chi connectivity index (χ0v) is 12.2. The Balaban J connectivity index is 2.43. The highest BCUT2D eigenvalue weighted by atomic mass is 19.1. The van der Waals surface area contributed by atoms with Crippen LogP contribution < -0.4 is 5.32 Å². The zero-order valence-electron chi connectivity index (χ0n) is 12.2. The first-order valence-electron chi connectivity index (χ1n) is 7.29. The van der Waals surface area contributed by atoms with Crippen molar-refractivity contribution in [2.24, 2.45) is 0 Å². The lowest BCUT2D eigenvalue weighted by molar-refractivity contribution is 0.413. The van der Waals surface area contributed by atoms with Gasteiger partial charge in [-0.25, -0.2) is 4.39 Å². The van der Waals surface area contributed by atoms with Crippen molar-refractivity contribution in [3.63, 3.8) is 0 Å². The largest absolute Gasteiger partial charge is 0.508 e. The third kappa shape index (κ3) is 5.60. The van der Waals surface area contributed by atoms with Crippen molar-refractivity contribution in [2.45, 2.75) is 65.0 Å². The Morgan fingerprint density at radius 3 is 2.58 bits per heavy atom. The summed E-state index contributed by atoms with van der Waals surface area (Å²) < 4.78 is 12.9. The number of phenolic OH excluding ortho intramolecular Hbond substituents is 1. The van der Waals surface area contributed by atoms with Crippen LogP contribution in [0.1, 0.15) is 64.5 Å². The van der Waals surface area contributed by atoms with Gasteiger partial charge in [0.2, 0.25) is 0 Å². The first kappa shape index (κ1) is 16.0. The summed E-state index contributed by atoms with van der Waals surface area (Å²) in [7, 11) is 0. The fraction of sp³-hybridized carbons (Fsp3) is 0.625. The van der Waals surface area contributed by atoms with Crippen LogP contribution in [-0.2, 0) is 0 Å². The number of hydrogen-bond donors (Lipinski definition) is 2. The number of phenols is 1. The molecule has 1 aromatic rings. The molecular formula is C16H26FNO. The summed E-state index contributed by atoms with van der Waals surface area (Å²) in [6.45, 7) is 6.36. The van der Waals surface area contributed by atoms with Gasteiger partial charge in [0, 0.05) is 23.7 Å². The molecule has 0 fully saturated rings. The Labute approximate surface area is 116 Å². The maximum Gasteiger partial charge on any atom is 0.126 e. The molecule has 108 valence electrons. The van der Waals surface area contributed by atoms with Crippen LogP contribution in [0.25, 0.3) is 0 Å². The van der Waals surface area contributed by atoms with Crippen LogP contribution in [0.2, 0.25) is 0 Å². The van der Waals surface area contributed by atoms with Gasteiger partial charge < -0.3 is 10.4 Å². The minimum Gasteiger partial charge on any atom is -0.508 e. The first-order valence-corrected chi connectivity index (χ1v) is 7.29. The molecule has 0 saturated carbocycles. The van der Waals surface area contributed by atoms with Gasteiger partial charge in [-0.3, -0.25) is 0 Å². The van der Waals surface area contributed by atoms with E-state index < -0.39 is 5.82 Å².